The van der Waals surface area contributed by atoms with Crippen molar-refractivity contribution >= 4 is 17.8 Å². The third-order valence-electron chi connectivity index (χ3n) is 3.20. The highest BCUT2D eigenvalue weighted by Gasteiger charge is 2.43. The molecule has 6 nitrogen and oxygen atoms in total. The summed E-state index contributed by atoms with van der Waals surface area (Å²) in [4.78, 5) is 24.7. The minimum absolute atomic E-state index is 0.275. The zero-order valence-corrected chi connectivity index (χ0v) is 11.9. The molecule has 0 radical (unpaired) electrons. The van der Waals surface area contributed by atoms with Gasteiger partial charge in [0, 0.05) is 18.8 Å². The lowest BCUT2D eigenvalue weighted by Gasteiger charge is -2.47. The molecular weight excluding hydrogens is 258 g/mol. The fourth-order valence-corrected chi connectivity index (χ4v) is 2.29. The van der Waals surface area contributed by atoms with Gasteiger partial charge in [-0.3, -0.25) is 0 Å². The molecule has 1 aliphatic rings. The molecule has 2 rings (SSSR count). The molecule has 1 saturated heterocycles. The van der Waals surface area contributed by atoms with Gasteiger partial charge in [-0.25, -0.2) is 9.59 Å². The van der Waals surface area contributed by atoms with Gasteiger partial charge in [-0.2, -0.15) is 0 Å². The minimum atomic E-state index is -0.415. The summed E-state index contributed by atoms with van der Waals surface area (Å²) in [6.07, 6.45) is -0.372. The van der Waals surface area contributed by atoms with Crippen LogP contribution in [0.25, 0.3) is 0 Å². The third-order valence-corrected chi connectivity index (χ3v) is 3.20. The number of carbonyl (C=O) groups excluding carboxylic acids is 2. The van der Waals surface area contributed by atoms with Gasteiger partial charge in [-0.15, -0.1) is 0 Å². The first kappa shape index (κ1) is 14.2. The predicted molar refractivity (Wildman–Crippen MR) is 75.7 cm³/mol. The molecule has 1 aliphatic heterocycles. The highest BCUT2D eigenvalue weighted by molar-refractivity contribution is 5.90. The first-order chi connectivity index (χ1) is 9.42. The van der Waals surface area contributed by atoms with E-state index in [0.717, 1.165) is 11.3 Å². The van der Waals surface area contributed by atoms with E-state index < -0.39 is 5.54 Å². The normalized spacial score (nSPS) is 16.1. The molecule has 0 aliphatic carbocycles. The molecule has 1 aromatic carbocycles. The van der Waals surface area contributed by atoms with Crippen LogP contribution in [-0.4, -0.2) is 42.8 Å². The number of hydrogen-bond donors (Lipinski definition) is 2. The SMILES string of the molecule is COC(=O)N1CC(C)(NC(=O)Nc2cccc(C)c2)C1. The maximum atomic E-state index is 11.9. The summed E-state index contributed by atoms with van der Waals surface area (Å²) < 4.78 is 4.62. The Balaban J connectivity index is 1.85. The molecule has 0 unspecified atom stereocenters. The number of nitrogens with one attached hydrogen (secondary N) is 2. The summed E-state index contributed by atoms with van der Waals surface area (Å²) in [5.41, 5.74) is 1.41. The zero-order valence-electron chi connectivity index (χ0n) is 11.9. The van der Waals surface area contributed by atoms with Crippen LogP contribution < -0.4 is 10.6 Å². The molecule has 2 N–H and O–H groups in total. The molecule has 0 saturated carbocycles. The lowest BCUT2D eigenvalue weighted by atomic mass is 9.93. The van der Waals surface area contributed by atoms with E-state index >= 15 is 0 Å². The average Bonchev–Trinajstić information content (AvgIpc) is 2.34. The number of hydrogen-bond acceptors (Lipinski definition) is 3. The fraction of sp³-hybridized carbons (Fsp3) is 0.429. The number of rotatable bonds is 2. The van der Waals surface area contributed by atoms with Gasteiger partial charge in [0.15, 0.2) is 0 Å². The van der Waals surface area contributed by atoms with Gasteiger partial charge in [0.1, 0.15) is 0 Å². The Kier molecular flexibility index (Phi) is 3.83. The molecule has 0 spiro atoms. The summed E-state index contributed by atoms with van der Waals surface area (Å²) in [7, 11) is 1.34. The Bertz CT molecular complexity index is 524. The van der Waals surface area contributed by atoms with E-state index in [0.29, 0.717) is 13.1 Å². The van der Waals surface area contributed by atoms with E-state index in [1.165, 1.54) is 12.0 Å². The number of anilines is 1. The summed E-state index contributed by atoms with van der Waals surface area (Å²) in [6, 6.07) is 7.29. The molecule has 6 heteroatoms. The van der Waals surface area contributed by atoms with E-state index in [4.69, 9.17) is 0 Å². The van der Waals surface area contributed by atoms with Crippen molar-refractivity contribution < 1.29 is 14.3 Å². The molecule has 1 fully saturated rings. The lowest BCUT2D eigenvalue weighted by Crippen LogP contribution is -2.70. The van der Waals surface area contributed by atoms with E-state index in [9.17, 15) is 9.59 Å². The van der Waals surface area contributed by atoms with E-state index in [2.05, 4.69) is 15.4 Å². The van der Waals surface area contributed by atoms with Gasteiger partial charge in [-0.1, -0.05) is 12.1 Å². The summed E-state index contributed by atoms with van der Waals surface area (Å²) in [6.45, 7) is 4.74. The Morgan fingerprint density at radius 3 is 2.65 bits per heavy atom. The first-order valence-corrected chi connectivity index (χ1v) is 6.41. The zero-order chi connectivity index (χ0) is 14.8. The largest absolute Gasteiger partial charge is 0.453 e. The lowest BCUT2D eigenvalue weighted by molar-refractivity contribution is 0.0476. The number of ether oxygens (including phenoxy) is 1. The number of carbonyl (C=O) groups is 2. The van der Waals surface area contributed by atoms with Crippen molar-refractivity contribution in [2.24, 2.45) is 0 Å². The Hall–Kier alpha value is -2.24. The molecule has 1 aromatic rings. The van der Waals surface area contributed by atoms with Gasteiger partial charge in [0.2, 0.25) is 0 Å². The van der Waals surface area contributed by atoms with Crippen molar-refractivity contribution in [3.05, 3.63) is 29.8 Å². The molecule has 3 amide bonds. The summed E-state index contributed by atoms with van der Waals surface area (Å²) in [5.74, 6) is 0. The maximum Gasteiger partial charge on any atom is 0.409 e. The van der Waals surface area contributed by atoms with Gasteiger partial charge >= 0.3 is 12.1 Å². The van der Waals surface area contributed by atoms with Crippen LogP contribution in [0, 0.1) is 6.92 Å². The second-order valence-corrected chi connectivity index (χ2v) is 5.34. The van der Waals surface area contributed by atoms with E-state index in [1.807, 2.05) is 38.1 Å². The Morgan fingerprint density at radius 1 is 1.35 bits per heavy atom. The number of methoxy groups -OCH3 is 1. The molecular formula is C14H19N3O3. The van der Waals surface area contributed by atoms with Crippen molar-refractivity contribution in [3.8, 4) is 0 Å². The molecule has 0 aromatic heterocycles. The summed E-state index contributed by atoms with van der Waals surface area (Å²) in [5, 5.41) is 5.65. The van der Waals surface area contributed by atoms with Crippen LogP contribution in [-0.2, 0) is 4.74 Å². The molecule has 20 heavy (non-hydrogen) atoms. The topological polar surface area (TPSA) is 70.7 Å². The minimum Gasteiger partial charge on any atom is -0.453 e. The van der Waals surface area contributed by atoms with Crippen molar-refractivity contribution in [2.45, 2.75) is 19.4 Å². The maximum absolute atomic E-state index is 11.9. The van der Waals surface area contributed by atoms with Crippen LogP contribution in [0.1, 0.15) is 12.5 Å². The van der Waals surface area contributed by atoms with Gasteiger partial charge in [0.05, 0.1) is 12.6 Å². The van der Waals surface area contributed by atoms with Crippen LogP contribution in [0.5, 0.6) is 0 Å². The molecule has 108 valence electrons. The standard InChI is InChI=1S/C14H19N3O3/c1-10-5-4-6-11(7-10)15-12(18)16-14(2)8-17(9-14)13(19)20-3/h4-7H,8-9H2,1-3H3,(H2,15,16,18). The Labute approximate surface area is 118 Å². The van der Waals surface area contributed by atoms with Crippen LogP contribution >= 0.6 is 0 Å². The highest BCUT2D eigenvalue weighted by atomic mass is 16.5. The smallest absolute Gasteiger partial charge is 0.409 e. The van der Waals surface area contributed by atoms with Gasteiger partial charge in [0.25, 0.3) is 0 Å². The van der Waals surface area contributed by atoms with Crippen LogP contribution in [0.3, 0.4) is 0 Å². The third kappa shape index (κ3) is 3.20. The van der Waals surface area contributed by atoms with E-state index in [1.54, 1.807) is 0 Å². The average molecular weight is 277 g/mol. The number of urea groups is 1. The number of amides is 3. The van der Waals surface area contributed by atoms with Gasteiger partial charge < -0.3 is 20.3 Å². The molecule has 0 atom stereocenters. The number of benzene rings is 1. The monoisotopic (exact) mass is 277 g/mol. The predicted octanol–water partition coefficient (Wildman–Crippen LogP) is 1.96. The number of nitrogens with zero attached hydrogens (tertiary/aromatic N) is 1. The fourth-order valence-electron chi connectivity index (χ4n) is 2.29. The first-order valence-electron chi connectivity index (χ1n) is 6.41. The quantitative estimate of drug-likeness (QED) is 0.868. The second kappa shape index (κ2) is 5.40. The van der Waals surface area contributed by atoms with Crippen molar-refractivity contribution in [2.75, 3.05) is 25.5 Å². The van der Waals surface area contributed by atoms with Crippen molar-refractivity contribution in [1.29, 1.82) is 0 Å². The van der Waals surface area contributed by atoms with Crippen molar-refractivity contribution in [3.63, 3.8) is 0 Å². The number of aryl methyl sites for hydroxylation is 1. The highest BCUT2D eigenvalue weighted by Crippen LogP contribution is 2.21. The Morgan fingerprint density at radius 2 is 2.05 bits per heavy atom. The van der Waals surface area contributed by atoms with Gasteiger partial charge in [-0.05, 0) is 31.5 Å². The number of likely N-dealkylation sites (tertiary alicyclic amines) is 1. The molecule has 1 heterocycles. The second-order valence-electron chi connectivity index (χ2n) is 5.34. The van der Waals surface area contributed by atoms with E-state index in [-0.39, 0.29) is 12.1 Å². The summed E-state index contributed by atoms with van der Waals surface area (Å²) >= 11 is 0. The van der Waals surface area contributed by atoms with Crippen LogP contribution in [0.2, 0.25) is 0 Å². The van der Waals surface area contributed by atoms with Crippen LogP contribution in [0.4, 0.5) is 15.3 Å². The van der Waals surface area contributed by atoms with Crippen molar-refractivity contribution in [1.82, 2.24) is 10.2 Å². The van der Waals surface area contributed by atoms with Crippen LogP contribution in [0.15, 0.2) is 24.3 Å². The molecule has 0 bridgehead atoms.